The molecule has 0 aliphatic heterocycles. The summed E-state index contributed by atoms with van der Waals surface area (Å²) in [6, 6.07) is 0. The smallest absolute Gasteiger partial charge is 0.0828 e. The molecular formula is C68H142Cl2O21P2. The van der Waals surface area contributed by atoms with Gasteiger partial charge in [-0.15, -0.1) is 0 Å². The molecule has 93 heavy (non-hydrogen) atoms. The first-order valence-corrected chi connectivity index (χ1v) is 41.0. The summed E-state index contributed by atoms with van der Waals surface area (Å²) in [6.07, 6.45) is 27.2. The molecule has 0 radical (unpaired) electrons. The van der Waals surface area contributed by atoms with Crippen LogP contribution in [-0.4, -0.2) is 327 Å². The van der Waals surface area contributed by atoms with E-state index >= 15 is 0 Å². The fourth-order valence-corrected chi connectivity index (χ4v) is 19.0. The quantitative estimate of drug-likeness (QED) is 0.0622. The molecule has 0 aromatic carbocycles. The maximum Gasteiger partial charge on any atom is 0.0828 e. The first-order valence-electron chi connectivity index (χ1n) is 35.9. The van der Waals surface area contributed by atoms with Gasteiger partial charge in [0.05, 0.1) is 327 Å². The molecule has 0 aliphatic rings. The summed E-state index contributed by atoms with van der Waals surface area (Å²) >= 11 is 0. The Labute approximate surface area is 581 Å². The number of halogens is 2. The van der Waals surface area contributed by atoms with Gasteiger partial charge >= 0.3 is 0 Å². The lowest BCUT2D eigenvalue weighted by Gasteiger charge is -2.28. The van der Waals surface area contributed by atoms with Crippen LogP contribution in [0.1, 0.15) is 119 Å². The van der Waals surface area contributed by atoms with Crippen LogP contribution in [-0.2, 0) is 99.5 Å². The highest BCUT2D eigenvalue weighted by molar-refractivity contribution is 7.76. The third kappa shape index (κ3) is 75.1. The van der Waals surface area contributed by atoms with Crippen molar-refractivity contribution in [1.29, 1.82) is 0 Å². The highest BCUT2D eigenvalue weighted by atomic mass is 35.5. The minimum absolute atomic E-state index is 0. The van der Waals surface area contributed by atoms with Gasteiger partial charge in [-0.3, -0.25) is 0 Å². The molecule has 0 atom stereocenters. The monoisotopic (exact) mass is 1430 g/mol. The first kappa shape index (κ1) is 97.8. The van der Waals surface area contributed by atoms with Crippen molar-refractivity contribution < 1.29 is 124 Å². The number of hydrogen-bond donors (Lipinski definition) is 0. The lowest BCUT2D eigenvalue weighted by Crippen LogP contribution is -3.00. The van der Waals surface area contributed by atoms with Crippen LogP contribution in [0.5, 0.6) is 0 Å². The second-order valence-electron chi connectivity index (χ2n) is 22.5. The van der Waals surface area contributed by atoms with Gasteiger partial charge in [0.2, 0.25) is 0 Å². The Kier molecular flexibility index (Phi) is 89.4. The van der Waals surface area contributed by atoms with Gasteiger partial charge < -0.3 is 124 Å². The first-order chi connectivity index (χ1) is 45.1. The maximum atomic E-state index is 6.02. The van der Waals surface area contributed by atoms with E-state index < -0.39 is 14.5 Å². The third-order valence-corrected chi connectivity index (χ3v) is 24.6. The zero-order chi connectivity index (χ0) is 65.7. The molecule has 25 heteroatoms. The van der Waals surface area contributed by atoms with Gasteiger partial charge in [-0.2, -0.15) is 0 Å². The minimum Gasteiger partial charge on any atom is -1.00 e. The van der Waals surface area contributed by atoms with Crippen LogP contribution >= 0.6 is 14.5 Å². The van der Waals surface area contributed by atoms with Crippen molar-refractivity contribution in [3.05, 3.63) is 0 Å². The SMILES string of the molecule is CCCC[P+](CCCC)(CCCC)CCOCCOCCOCCOCCOCCOCCOCCOCCOCCOCCOCCOCCOCCOCCOCCOCCOCCOCCOCCOCCOCC[P+](CCCC)(CCCC)CCCC.[Cl-].[Cl-]. The van der Waals surface area contributed by atoms with Crippen molar-refractivity contribution in [3.63, 3.8) is 0 Å². The minimum atomic E-state index is -0.893. The summed E-state index contributed by atoms with van der Waals surface area (Å²) in [6.45, 7) is 36.6. The third-order valence-electron chi connectivity index (χ3n) is 14.8. The summed E-state index contributed by atoms with van der Waals surface area (Å²) in [7, 11) is -1.79. The highest BCUT2D eigenvalue weighted by Gasteiger charge is 2.36. The predicted octanol–water partition coefficient (Wildman–Crippen LogP) is 4.18. The van der Waals surface area contributed by atoms with E-state index in [1.165, 1.54) is 126 Å². The molecule has 0 N–H and O–H groups in total. The molecular weight excluding hydrogens is 1290 g/mol. The Balaban J connectivity index is -0.0000405. The van der Waals surface area contributed by atoms with Gasteiger partial charge in [0.25, 0.3) is 0 Å². The zero-order valence-electron chi connectivity index (χ0n) is 60.1. The average Bonchev–Trinajstić information content (AvgIpc) is 1.28. The number of rotatable bonds is 84. The number of hydrogen-bond acceptors (Lipinski definition) is 21. The van der Waals surface area contributed by atoms with Crippen LogP contribution in [0.2, 0.25) is 0 Å². The molecule has 0 spiro atoms. The molecule has 0 amide bonds. The van der Waals surface area contributed by atoms with E-state index in [0.29, 0.717) is 264 Å². The van der Waals surface area contributed by atoms with Crippen molar-refractivity contribution in [2.75, 3.05) is 327 Å². The van der Waals surface area contributed by atoms with Gasteiger partial charge in [-0.1, -0.05) is 80.1 Å². The molecule has 0 unspecified atom stereocenters. The second kappa shape index (κ2) is 85.0. The molecule has 0 saturated heterocycles. The molecule has 0 fully saturated rings. The average molecular weight is 1430 g/mol. The molecule has 0 aromatic heterocycles. The summed E-state index contributed by atoms with van der Waals surface area (Å²) in [4.78, 5) is 0. The van der Waals surface area contributed by atoms with Gasteiger partial charge in [0.1, 0.15) is 0 Å². The molecule has 0 aromatic rings. The van der Waals surface area contributed by atoms with E-state index in [0.717, 1.165) is 13.2 Å². The predicted molar refractivity (Wildman–Crippen MR) is 369 cm³/mol. The Morgan fingerprint density at radius 1 is 0.129 bits per heavy atom. The van der Waals surface area contributed by atoms with Crippen LogP contribution in [0, 0.1) is 0 Å². The molecule has 0 rings (SSSR count). The van der Waals surface area contributed by atoms with Crippen molar-refractivity contribution in [3.8, 4) is 0 Å². The van der Waals surface area contributed by atoms with Crippen LogP contribution in [0.3, 0.4) is 0 Å². The number of unbranched alkanes of at least 4 members (excludes halogenated alkanes) is 6. The maximum absolute atomic E-state index is 6.02. The molecule has 0 saturated carbocycles. The van der Waals surface area contributed by atoms with Gasteiger partial charge in [0, 0.05) is 14.5 Å². The molecule has 21 nitrogen and oxygen atoms in total. The van der Waals surface area contributed by atoms with Crippen molar-refractivity contribution >= 4 is 14.5 Å². The van der Waals surface area contributed by atoms with Gasteiger partial charge in [-0.05, 0) is 38.5 Å². The van der Waals surface area contributed by atoms with E-state index in [1.807, 2.05) is 0 Å². The van der Waals surface area contributed by atoms with Crippen LogP contribution < -0.4 is 24.8 Å². The van der Waals surface area contributed by atoms with E-state index in [-0.39, 0.29) is 24.8 Å². The summed E-state index contributed by atoms with van der Waals surface area (Å²) in [5.74, 6) is 0. The van der Waals surface area contributed by atoms with E-state index in [9.17, 15) is 0 Å². The Hall–Kier alpha value is 0.600. The van der Waals surface area contributed by atoms with E-state index in [2.05, 4.69) is 41.5 Å². The van der Waals surface area contributed by atoms with Crippen LogP contribution in [0.25, 0.3) is 0 Å². The van der Waals surface area contributed by atoms with Crippen molar-refractivity contribution in [2.24, 2.45) is 0 Å². The summed E-state index contributed by atoms with van der Waals surface area (Å²) in [5.41, 5.74) is 0. The Morgan fingerprint density at radius 2 is 0.215 bits per heavy atom. The molecule has 0 heterocycles. The topological polar surface area (TPSA) is 194 Å². The lowest BCUT2D eigenvalue weighted by molar-refractivity contribution is -0.0315. The largest absolute Gasteiger partial charge is 1.00 e. The summed E-state index contributed by atoms with van der Waals surface area (Å²) in [5, 5.41) is 0. The van der Waals surface area contributed by atoms with Crippen molar-refractivity contribution in [1.82, 2.24) is 0 Å². The Bertz CT molecular complexity index is 1200. The van der Waals surface area contributed by atoms with Crippen LogP contribution in [0.15, 0.2) is 0 Å². The van der Waals surface area contributed by atoms with Gasteiger partial charge in [0.15, 0.2) is 0 Å². The zero-order valence-corrected chi connectivity index (χ0v) is 63.4. The highest BCUT2D eigenvalue weighted by Crippen LogP contribution is 2.61. The fraction of sp³-hybridized carbons (Fsp3) is 1.00. The normalized spacial score (nSPS) is 11.9. The second-order valence-corrected chi connectivity index (χ2v) is 31.4. The summed E-state index contributed by atoms with van der Waals surface area (Å²) < 4.78 is 118. The standard InChI is InChI=1S/C68H142O21P2.2ClH/c1-7-13-61-90(62-14-8-2,63-15-9-3)67-59-88-57-55-86-53-51-84-49-47-82-45-43-80-41-39-78-37-35-76-33-31-74-29-27-72-25-23-70-21-19-69-20-22-71-24-26-73-28-30-75-32-34-77-36-38-79-40-42-81-44-46-83-48-50-85-52-54-87-56-58-89-60-68-91(64-16-10-4,65-17-11-5)66-18-12-6;;/h7-68H2,1-6H3;2*1H/q+2;;/p-2. The van der Waals surface area contributed by atoms with Crippen molar-refractivity contribution in [2.45, 2.75) is 119 Å². The van der Waals surface area contributed by atoms with Gasteiger partial charge in [-0.25, -0.2) is 0 Å². The lowest BCUT2D eigenvalue weighted by atomic mass is 10.4. The van der Waals surface area contributed by atoms with E-state index in [4.69, 9.17) is 99.5 Å². The number of ether oxygens (including phenoxy) is 21. The molecule has 0 bridgehead atoms. The van der Waals surface area contributed by atoms with Crippen LogP contribution in [0.4, 0.5) is 0 Å². The Morgan fingerprint density at radius 3 is 0.301 bits per heavy atom. The fourth-order valence-electron chi connectivity index (χ4n) is 9.32. The van der Waals surface area contributed by atoms with E-state index in [1.54, 1.807) is 0 Å². The molecule has 564 valence electrons. The molecule has 0 aliphatic carbocycles.